The van der Waals surface area contributed by atoms with Gasteiger partial charge in [-0.3, -0.25) is 9.59 Å². The summed E-state index contributed by atoms with van der Waals surface area (Å²) in [6, 6.07) is 7.42. The molecule has 0 aliphatic heterocycles. The van der Waals surface area contributed by atoms with Crippen LogP contribution in [0.3, 0.4) is 0 Å². The first kappa shape index (κ1) is 16.4. The summed E-state index contributed by atoms with van der Waals surface area (Å²) in [6.07, 6.45) is 0. The van der Waals surface area contributed by atoms with Gasteiger partial charge in [0.1, 0.15) is 11.9 Å². The van der Waals surface area contributed by atoms with Crippen LogP contribution in [0.15, 0.2) is 45.3 Å². The molecule has 1 aromatic carbocycles. The minimum atomic E-state index is -1.01. The van der Waals surface area contributed by atoms with Gasteiger partial charge in [-0.25, -0.2) is 4.39 Å². The highest BCUT2D eigenvalue weighted by molar-refractivity contribution is 5.95. The third kappa shape index (κ3) is 3.39. The van der Waals surface area contributed by atoms with Crippen LogP contribution in [0.2, 0.25) is 0 Å². The van der Waals surface area contributed by atoms with Crippen LogP contribution in [0.4, 0.5) is 4.39 Å². The van der Waals surface area contributed by atoms with Crippen LogP contribution in [0, 0.1) is 12.7 Å². The highest BCUT2D eigenvalue weighted by atomic mass is 19.1. The van der Waals surface area contributed by atoms with E-state index in [0.29, 0.717) is 0 Å². The lowest BCUT2D eigenvalue weighted by atomic mass is 10.1. The third-order valence-corrected chi connectivity index (χ3v) is 3.37. The molecule has 128 valence electrons. The average molecular weight is 344 g/mol. The molecule has 1 atom stereocenters. The van der Waals surface area contributed by atoms with E-state index in [2.05, 4.69) is 15.5 Å². The minimum Gasteiger partial charge on any atom is -0.446 e. The van der Waals surface area contributed by atoms with Crippen molar-refractivity contribution in [3.8, 4) is 0 Å². The molecule has 0 saturated carbocycles. The van der Waals surface area contributed by atoms with Gasteiger partial charge in [-0.1, -0.05) is 23.4 Å². The molecule has 0 fully saturated rings. The number of hydrogen-bond acceptors (Lipinski definition) is 6. The molecule has 9 heteroatoms. The van der Waals surface area contributed by atoms with E-state index in [0.717, 1.165) is 0 Å². The fraction of sp³-hybridized carbons (Fsp3) is 0.125. The fourth-order valence-corrected chi connectivity index (χ4v) is 2.22. The van der Waals surface area contributed by atoms with Crippen molar-refractivity contribution in [1.82, 2.24) is 15.5 Å². The highest BCUT2D eigenvalue weighted by Gasteiger charge is 2.26. The van der Waals surface area contributed by atoms with Gasteiger partial charge in [0.2, 0.25) is 5.89 Å². The summed E-state index contributed by atoms with van der Waals surface area (Å²) in [7, 11) is 0. The second-order valence-electron chi connectivity index (χ2n) is 5.13. The van der Waals surface area contributed by atoms with Crippen molar-refractivity contribution in [3.63, 3.8) is 0 Å². The predicted molar refractivity (Wildman–Crippen MR) is 82.0 cm³/mol. The summed E-state index contributed by atoms with van der Waals surface area (Å²) in [5.41, 5.74) is 5.24. The lowest BCUT2D eigenvalue weighted by Crippen LogP contribution is -2.30. The normalized spacial score (nSPS) is 11.9. The zero-order valence-corrected chi connectivity index (χ0v) is 13.0. The number of benzene rings is 1. The Balaban J connectivity index is 1.93. The molecule has 3 rings (SSSR count). The number of amides is 2. The van der Waals surface area contributed by atoms with E-state index in [-0.39, 0.29) is 28.8 Å². The summed E-state index contributed by atoms with van der Waals surface area (Å²) in [5, 5.41) is 6.30. The van der Waals surface area contributed by atoms with Crippen molar-refractivity contribution in [2.75, 3.05) is 0 Å². The Kier molecular flexibility index (Phi) is 4.29. The van der Waals surface area contributed by atoms with Gasteiger partial charge in [-0.05, 0) is 18.2 Å². The van der Waals surface area contributed by atoms with Crippen molar-refractivity contribution in [2.45, 2.75) is 13.0 Å². The molecule has 0 spiro atoms. The average Bonchev–Trinajstić information content (AvgIpc) is 3.22. The molecule has 2 amide bonds. The number of rotatable bonds is 5. The van der Waals surface area contributed by atoms with Gasteiger partial charge in [-0.15, -0.1) is 0 Å². The van der Waals surface area contributed by atoms with E-state index in [1.807, 2.05) is 0 Å². The van der Waals surface area contributed by atoms with Gasteiger partial charge in [0.05, 0.1) is 0 Å². The number of hydrogen-bond donors (Lipinski definition) is 2. The Morgan fingerprint density at radius 3 is 2.52 bits per heavy atom. The first-order valence-electron chi connectivity index (χ1n) is 7.21. The molecule has 2 heterocycles. The summed E-state index contributed by atoms with van der Waals surface area (Å²) in [5.74, 6) is -2.02. The van der Waals surface area contributed by atoms with Crippen molar-refractivity contribution < 1.29 is 22.9 Å². The number of furan rings is 1. The van der Waals surface area contributed by atoms with E-state index in [4.69, 9.17) is 14.7 Å². The number of nitrogens with one attached hydrogen (secondary N) is 1. The van der Waals surface area contributed by atoms with Crippen LogP contribution in [0.1, 0.15) is 44.4 Å². The van der Waals surface area contributed by atoms with Crippen molar-refractivity contribution in [2.24, 2.45) is 5.73 Å². The van der Waals surface area contributed by atoms with Crippen LogP contribution in [0.25, 0.3) is 0 Å². The molecule has 0 saturated heterocycles. The fourth-order valence-electron chi connectivity index (χ4n) is 2.22. The van der Waals surface area contributed by atoms with Crippen LogP contribution >= 0.6 is 0 Å². The van der Waals surface area contributed by atoms with Crippen molar-refractivity contribution in [1.29, 1.82) is 0 Å². The molecule has 0 unspecified atom stereocenters. The van der Waals surface area contributed by atoms with Crippen LogP contribution < -0.4 is 11.1 Å². The van der Waals surface area contributed by atoms with Gasteiger partial charge < -0.3 is 20.0 Å². The van der Waals surface area contributed by atoms with Crippen LogP contribution in [-0.2, 0) is 0 Å². The largest absolute Gasteiger partial charge is 0.446 e. The number of carbonyl (C=O) groups is 2. The predicted octanol–water partition coefficient (Wildman–Crippen LogP) is 1.73. The molecular weight excluding hydrogens is 331 g/mol. The topological polar surface area (TPSA) is 124 Å². The molecule has 3 aromatic rings. The Bertz CT molecular complexity index is 934. The van der Waals surface area contributed by atoms with E-state index >= 15 is 0 Å². The lowest BCUT2D eigenvalue weighted by Gasteiger charge is -2.15. The van der Waals surface area contributed by atoms with Crippen LogP contribution in [0.5, 0.6) is 0 Å². The first-order valence-corrected chi connectivity index (χ1v) is 7.21. The number of nitrogens with two attached hydrogens (primary N) is 1. The Morgan fingerprint density at radius 2 is 1.92 bits per heavy atom. The molecule has 0 bridgehead atoms. The quantitative estimate of drug-likeness (QED) is 0.726. The van der Waals surface area contributed by atoms with E-state index in [9.17, 15) is 14.0 Å². The van der Waals surface area contributed by atoms with E-state index < -0.39 is 23.7 Å². The lowest BCUT2D eigenvalue weighted by molar-refractivity contribution is 0.0904. The first-order chi connectivity index (χ1) is 12.0. The standard InChI is InChI=1S/C16H13FN4O4/c1-8-19-15(21-25-8)13(9-4-2-3-5-10(9)17)20-16(23)12-7-6-11(24-12)14(18)22/h2-7,13H,1H3,(H2,18,22)(H,20,23)/t13-/m0/s1. The van der Waals surface area contributed by atoms with Gasteiger partial charge in [0, 0.05) is 12.5 Å². The number of primary amides is 1. The molecule has 0 aliphatic rings. The molecule has 8 nitrogen and oxygen atoms in total. The number of halogens is 1. The van der Waals surface area contributed by atoms with E-state index in [1.54, 1.807) is 13.0 Å². The monoisotopic (exact) mass is 344 g/mol. The summed E-state index contributed by atoms with van der Waals surface area (Å²) in [6.45, 7) is 1.57. The number of carbonyl (C=O) groups excluding carboxylic acids is 2. The Hall–Kier alpha value is -3.49. The smallest absolute Gasteiger partial charge is 0.287 e. The third-order valence-electron chi connectivity index (χ3n) is 3.37. The summed E-state index contributed by atoms with van der Waals surface area (Å²) < 4.78 is 24.2. The second-order valence-corrected chi connectivity index (χ2v) is 5.13. The van der Waals surface area contributed by atoms with Gasteiger partial charge in [0.15, 0.2) is 17.3 Å². The molecule has 2 aromatic heterocycles. The van der Waals surface area contributed by atoms with Crippen LogP contribution in [-0.4, -0.2) is 22.0 Å². The van der Waals surface area contributed by atoms with Crippen molar-refractivity contribution in [3.05, 3.63) is 71.0 Å². The SMILES string of the molecule is Cc1nc([C@@H](NC(=O)c2ccc(C(N)=O)o2)c2ccccc2F)no1. The summed E-state index contributed by atoms with van der Waals surface area (Å²) in [4.78, 5) is 27.5. The number of aromatic nitrogens is 2. The highest BCUT2D eigenvalue weighted by Crippen LogP contribution is 2.23. The molecular formula is C16H13FN4O4. The maximum Gasteiger partial charge on any atom is 0.287 e. The molecule has 25 heavy (non-hydrogen) atoms. The zero-order chi connectivity index (χ0) is 18.0. The van der Waals surface area contributed by atoms with Crippen molar-refractivity contribution >= 4 is 11.8 Å². The summed E-state index contributed by atoms with van der Waals surface area (Å²) >= 11 is 0. The van der Waals surface area contributed by atoms with Gasteiger partial charge >= 0.3 is 0 Å². The maximum atomic E-state index is 14.2. The second kappa shape index (κ2) is 6.56. The maximum absolute atomic E-state index is 14.2. The number of nitrogens with zero attached hydrogens (tertiary/aromatic N) is 2. The zero-order valence-electron chi connectivity index (χ0n) is 13.0. The molecule has 3 N–H and O–H groups in total. The molecule has 0 aliphatic carbocycles. The Morgan fingerprint density at radius 1 is 1.20 bits per heavy atom. The minimum absolute atomic E-state index is 0.0811. The van der Waals surface area contributed by atoms with E-state index in [1.165, 1.54) is 30.3 Å². The van der Waals surface area contributed by atoms with Gasteiger partial charge in [0.25, 0.3) is 11.8 Å². The van der Waals surface area contributed by atoms with Gasteiger partial charge in [-0.2, -0.15) is 4.98 Å². The number of aryl methyl sites for hydroxylation is 1. The molecule has 0 radical (unpaired) electrons. The Labute approximate surface area is 140 Å².